The molecule has 0 saturated carbocycles. The van der Waals surface area contributed by atoms with E-state index in [9.17, 15) is 29.8 Å². The fourth-order valence-corrected chi connectivity index (χ4v) is 4.95. The van der Waals surface area contributed by atoms with Gasteiger partial charge in [-0.2, -0.15) is 15.0 Å². The molecule has 2 atom stereocenters. The zero-order valence-corrected chi connectivity index (χ0v) is 27.2. The summed E-state index contributed by atoms with van der Waals surface area (Å²) >= 11 is 0. The normalized spacial score (nSPS) is 12.1. The Labute approximate surface area is 281 Å². The number of hydrogen-bond donors (Lipinski definition) is 4. The number of benzene rings is 3. The van der Waals surface area contributed by atoms with Gasteiger partial charge in [-0.05, 0) is 35.6 Å². The molecule has 4 N–H and O–H groups in total. The Morgan fingerprint density at radius 2 is 1.61 bits per heavy atom. The van der Waals surface area contributed by atoms with Crippen LogP contribution in [0.25, 0.3) is 10.8 Å². The van der Waals surface area contributed by atoms with Gasteiger partial charge in [-0.15, -0.1) is 6.58 Å². The molecule has 4 aromatic rings. The lowest BCUT2D eigenvalue weighted by molar-refractivity contribution is -0.394. The lowest BCUT2D eigenvalue weighted by Gasteiger charge is -2.20. The van der Waals surface area contributed by atoms with Crippen molar-refractivity contribution in [3.8, 4) is 6.01 Å². The number of amides is 2. The number of hydrogen-bond acceptors (Lipinski definition) is 12. The van der Waals surface area contributed by atoms with E-state index in [0.717, 1.165) is 34.5 Å². The van der Waals surface area contributed by atoms with Gasteiger partial charge in [-0.25, -0.2) is 0 Å². The van der Waals surface area contributed by atoms with Crippen molar-refractivity contribution in [2.24, 2.45) is 5.92 Å². The summed E-state index contributed by atoms with van der Waals surface area (Å²) in [6.07, 6.45) is 1.88. The van der Waals surface area contributed by atoms with E-state index in [1.54, 1.807) is 6.08 Å². The van der Waals surface area contributed by atoms with E-state index in [-0.39, 0.29) is 55.0 Å². The van der Waals surface area contributed by atoms with E-state index in [2.05, 4.69) is 42.8 Å². The first-order chi connectivity index (χ1) is 23.4. The molecular weight excluding hydrogens is 634 g/mol. The third-order valence-electron chi connectivity index (χ3n) is 7.20. The average Bonchev–Trinajstić information content (AvgIpc) is 3.07. The fraction of sp³-hybridized carbons (Fsp3) is 0.303. The summed E-state index contributed by atoms with van der Waals surface area (Å²) in [4.78, 5) is 60.1. The summed E-state index contributed by atoms with van der Waals surface area (Å²) in [5, 5.41) is 36.3. The smallest absolute Gasteiger partial charge is 0.323 e. The fourth-order valence-electron chi connectivity index (χ4n) is 4.95. The van der Waals surface area contributed by atoms with Crippen LogP contribution < -0.4 is 26.0 Å². The molecule has 0 aliphatic rings. The number of nitro benzene ring substituents is 2. The Balaban J connectivity index is 1.41. The Hall–Kier alpha value is -6.19. The van der Waals surface area contributed by atoms with Gasteiger partial charge in [0.1, 0.15) is 12.6 Å². The topological polar surface area (TPSA) is 216 Å². The Morgan fingerprint density at radius 1 is 0.939 bits per heavy atom. The second-order valence-electron chi connectivity index (χ2n) is 11.4. The molecular formula is C33H37N9O7. The summed E-state index contributed by atoms with van der Waals surface area (Å²) < 4.78 is 5.76. The monoisotopic (exact) mass is 671 g/mol. The van der Waals surface area contributed by atoms with Gasteiger partial charge in [0.15, 0.2) is 0 Å². The number of nitrogens with zero attached hydrogens (tertiary/aromatic N) is 5. The van der Waals surface area contributed by atoms with Crippen LogP contribution in [0.5, 0.6) is 6.01 Å². The highest BCUT2D eigenvalue weighted by molar-refractivity contribution is 5.98. The summed E-state index contributed by atoms with van der Waals surface area (Å²) in [6, 6.07) is 15.5. The first-order valence-electron chi connectivity index (χ1n) is 15.5. The number of aromatic nitrogens is 3. The summed E-state index contributed by atoms with van der Waals surface area (Å²) in [7, 11) is 0. The van der Waals surface area contributed by atoms with Crippen LogP contribution in [0, 0.1) is 26.1 Å². The predicted octanol–water partition coefficient (Wildman–Crippen LogP) is 4.95. The summed E-state index contributed by atoms with van der Waals surface area (Å²) in [5.41, 5.74) is -0.510. The highest BCUT2D eigenvalue weighted by Gasteiger charge is 2.25. The van der Waals surface area contributed by atoms with Gasteiger partial charge in [0.25, 0.3) is 17.3 Å². The molecule has 0 bridgehead atoms. The molecule has 4 rings (SSSR count). The SMILES string of the molecule is C=CCNc1nc(N[C@@H](C)c2cccc3ccccc23)nc(OCCNC(=O)[C@H](CC(C)C)NC(=O)c2cc([N+](=O)[O-])cc([N+](=O)[O-])c2)n1. The molecule has 0 fully saturated rings. The number of fused-ring (bicyclic) bond motifs is 1. The summed E-state index contributed by atoms with van der Waals surface area (Å²) in [6.45, 7) is 9.76. The molecule has 16 nitrogen and oxygen atoms in total. The second kappa shape index (κ2) is 16.6. The third kappa shape index (κ3) is 9.90. The zero-order valence-electron chi connectivity index (χ0n) is 27.2. The van der Waals surface area contributed by atoms with E-state index in [1.165, 1.54) is 0 Å². The van der Waals surface area contributed by atoms with Crippen molar-refractivity contribution in [3.05, 3.63) is 105 Å². The minimum absolute atomic E-state index is 0.00253. The van der Waals surface area contributed by atoms with Crippen LogP contribution in [0.15, 0.2) is 73.3 Å². The van der Waals surface area contributed by atoms with Gasteiger partial charge in [-0.1, -0.05) is 62.4 Å². The van der Waals surface area contributed by atoms with Gasteiger partial charge in [0, 0.05) is 18.7 Å². The van der Waals surface area contributed by atoms with E-state index < -0.39 is 39.1 Å². The lowest BCUT2D eigenvalue weighted by atomic mass is 10.00. The minimum atomic E-state index is -1.04. The van der Waals surface area contributed by atoms with Crippen molar-refractivity contribution in [3.63, 3.8) is 0 Å². The Bertz CT molecular complexity index is 1810. The number of anilines is 2. The highest BCUT2D eigenvalue weighted by atomic mass is 16.6. The number of nitro groups is 2. The third-order valence-corrected chi connectivity index (χ3v) is 7.20. The molecule has 0 unspecified atom stereocenters. The van der Waals surface area contributed by atoms with Crippen molar-refractivity contribution in [1.82, 2.24) is 25.6 Å². The largest absolute Gasteiger partial charge is 0.461 e. The molecule has 2 amide bonds. The van der Waals surface area contributed by atoms with Crippen LogP contribution in [0.1, 0.15) is 49.2 Å². The van der Waals surface area contributed by atoms with Crippen LogP contribution in [0.3, 0.4) is 0 Å². The van der Waals surface area contributed by atoms with Gasteiger partial charge in [-0.3, -0.25) is 29.8 Å². The van der Waals surface area contributed by atoms with Crippen LogP contribution in [-0.2, 0) is 4.79 Å². The molecule has 0 radical (unpaired) electrons. The Kier molecular flexibility index (Phi) is 12.1. The van der Waals surface area contributed by atoms with E-state index >= 15 is 0 Å². The van der Waals surface area contributed by atoms with Crippen LogP contribution in [0.4, 0.5) is 23.3 Å². The van der Waals surface area contributed by atoms with Crippen molar-refractivity contribution < 1.29 is 24.2 Å². The number of ether oxygens (including phenoxy) is 1. The number of non-ortho nitro benzene ring substituents is 2. The Morgan fingerprint density at radius 3 is 2.29 bits per heavy atom. The minimum Gasteiger partial charge on any atom is -0.461 e. The van der Waals surface area contributed by atoms with Gasteiger partial charge >= 0.3 is 6.01 Å². The van der Waals surface area contributed by atoms with Gasteiger partial charge in [0.2, 0.25) is 17.8 Å². The van der Waals surface area contributed by atoms with Crippen molar-refractivity contribution in [2.75, 3.05) is 30.3 Å². The molecule has 256 valence electrons. The number of nitrogens with one attached hydrogen (secondary N) is 4. The zero-order chi connectivity index (χ0) is 35.5. The maximum Gasteiger partial charge on any atom is 0.323 e. The molecule has 0 aliphatic carbocycles. The molecule has 1 aromatic heterocycles. The first-order valence-corrected chi connectivity index (χ1v) is 15.5. The van der Waals surface area contributed by atoms with Gasteiger partial charge < -0.3 is 26.0 Å². The number of carbonyl (C=O) groups excluding carboxylic acids is 2. The van der Waals surface area contributed by atoms with E-state index in [1.807, 2.05) is 63.2 Å². The molecule has 0 aliphatic heterocycles. The molecule has 49 heavy (non-hydrogen) atoms. The molecule has 0 spiro atoms. The second-order valence-corrected chi connectivity index (χ2v) is 11.4. The first kappa shape index (κ1) is 35.7. The predicted molar refractivity (Wildman–Crippen MR) is 183 cm³/mol. The van der Waals surface area contributed by atoms with E-state index in [4.69, 9.17) is 4.74 Å². The molecule has 3 aromatic carbocycles. The van der Waals surface area contributed by atoms with Crippen LogP contribution in [-0.4, -0.2) is 62.4 Å². The molecule has 1 heterocycles. The number of rotatable bonds is 17. The number of carbonyl (C=O) groups is 2. The summed E-state index contributed by atoms with van der Waals surface area (Å²) in [5.74, 6) is -0.919. The van der Waals surface area contributed by atoms with Crippen molar-refractivity contribution in [1.29, 1.82) is 0 Å². The van der Waals surface area contributed by atoms with Crippen molar-refractivity contribution in [2.45, 2.75) is 39.3 Å². The maximum atomic E-state index is 13.1. The average molecular weight is 672 g/mol. The van der Waals surface area contributed by atoms with Crippen LogP contribution >= 0.6 is 0 Å². The maximum absolute atomic E-state index is 13.1. The van der Waals surface area contributed by atoms with Crippen molar-refractivity contribution >= 4 is 45.9 Å². The van der Waals surface area contributed by atoms with Crippen LogP contribution in [0.2, 0.25) is 0 Å². The molecule has 0 saturated heterocycles. The lowest BCUT2D eigenvalue weighted by Crippen LogP contribution is -2.48. The standard InChI is InChI=1S/C33H37N9O7/c1-5-13-35-31-38-32(36-21(4)26-12-8-10-22-9-6-7-11-27(22)26)40-33(39-31)49-15-14-34-30(44)28(16-20(2)3)37-29(43)23-17-24(41(45)46)19-25(18-23)42(47)48/h5-12,17-21,28H,1,13-16H2,2-4H3,(H,34,44)(H,37,43)(H2,35,36,38,39,40)/t21-,28-/m0/s1. The quantitative estimate of drug-likeness (QED) is 0.0507. The van der Waals surface area contributed by atoms with E-state index in [0.29, 0.717) is 6.54 Å². The van der Waals surface area contributed by atoms with Gasteiger partial charge in [0.05, 0.1) is 34.1 Å². The highest BCUT2D eigenvalue weighted by Crippen LogP contribution is 2.27. The molecule has 16 heteroatoms.